The summed E-state index contributed by atoms with van der Waals surface area (Å²) < 4.78 is 5.39. The van der Waals surface area contributed by atoms with Crippen molar-refractivity contribution in [1.29, 1.82) is 0 Å². The van der Waals surface area contributed by atoms with E-state index in [1.807, 2.05) is 50.3 Å². The zero-order valence-electron chi connectivity index (χ0n) is 15.3. The molecule has 2 rings (SSSR count). The molecule has 0 aromatic heterocycles. The second-order valence-corrected chi connectivity index (χ2v) is 7.09. The van der Waals surface area contributed by atoms with E-state index >= 15 is 0 Å². The molecule has 2 N–H and O–H groups in total. The van der Waals surface area contributed by atoms with Gasteiger partial charge in [-0.15, -0.1) is 0 Å². The third kappa shape index (κ3) is 5.61. The predicted octanol–water partition coefficient (Wildman–Crippen LogP) is 4.41. The molecule has 4 nitrogen and oxygen atoms in total. The van der Waals surface area contributed by atoms with Gasteiger partial charge in [-0.05, 0) is 56.2 Å². The van der Waals surface area contributed by atoms with E-state index in [0.717, 1.165) is 11.1 Å². The predicted molar refractivity (Wildman–Crippen MR) is 107 cm³/mol. The van der Waals surface area contributed by atoms with Crippen LogP contribution in [0, 0.1) is 0 Å². The molecule has 0 spiro atoms. The minimum atomic E-state index is -0.481. The Balaban J connectivity index is 2.24. The molecule has 2 aromatic carbocycles. The number of aliphatic hydroxyl groups excluding tert-OH is 1. The Morgan fingerprint density at radius 3 is 2.50 bits per heavy atom. The number of carbonyl (C=O) groups excluding carboxylic acids is 1. The van der Waals surface area contributed by atoms with Gasteiger partial charge < -0.3 is 15.2 Å². The summed E-state index contributed by atoms with van der Waals surface area (Å²) >= 11 is 5.90. The van der Waals surface area contributed by atoms with Crippen molar-refractivity contribution in [1.82, 2.24) is 5.32 Å². The van der Waals surface area contributed by atoms with Gasteiger partial charge in [0.2, 0.25) is 0 Å². The Morgan fingerprint density at radius 2 is 1.88 bits per heavy atom. The highest BCUT2D eigenvalue weighted by atomic mass is 35.5. The monoisotopic (exact) mass is 373 g/mol. The first-order chi connectivity index (χ1) is 12.3. The van der Waals surface area contributed by atoms with Crippen molar-refractivity contribution in [3.8, 4) is 5.75 Å². The summed E-state index contributed by atoms with van der Waals surface area (Å²) in [4.78, 5) is 12.5. The second kappa shape index (κ2) is 8.88. The van der Waals surface area contributed by atoms with Gasteiger partial charge in [0.15, 0.2) is 0 Å². The fraction of sp³-hybridized carbons (Fsp3) is 0.286. The number of hydrogen-bond donors (Lipinski definition) is 2. The van der Waals surface area contributed by atoms with E-state index in [2.05, 4.69) is 5.32 Å². The van der Waals surface area contributed by atoms with Crippen LogP contribution in [0.4, 0.5) is 0 Å². The van der Waals surface area contributed by atoms with Crippen LogP contribution in [0.5, 0.6) is 5.75 Å². The van der Waals surface area contributed by atoms with Gasteiger partial charge in [0.05, 0.1) is 7.11 Å². The summed E-state index contributed by atoms with van der Waals surface area (Å²) in [6.07, 6.45) is 4.32. The van der Waals surface area contributed by atoms with Crippen LogP contribution in [-0.4, -0.2) is 30.3 Å². The molecule has 0 fully saturated rings. The molecule has 26 heavy (non-hydrogen) atoms. The molecular formula is C21H24ClNO3. The molecule has 1 amide bonds. The molecule has 0 saturated carbocycles. The van der Waals surface area contributed by atoms with Gasteiger partial charge in [-0.3, -0.25) is 4.79 Å². The largest absolute Gasteiger partial charge is 0.496 e. The first kappa shape index (κ1) is 20.0. The topological polar surface area (TPSA) is 58.6 Å². The van der Waals surface area contributed by atoms with E-state index in [1.54, 1.807) is 25.3 Å². The third-order valence-corrected chi connectivity index (χ3v) is 4.26. The second-order valence-electron chi connectivity index (χ2n) is 6.65. The van der Waals surface area contributed by atoms with E-state index < -0.39 is 5.54 Å². The van der Waals surface area contributed by atoms with Crippen LogP contribution < -0.4 is 10.1 Å². The number of amides is 1. The Morgan fingerprint density at radius 1 is 1.19 bits per heavy atom. The molecule has 0 heterocycles. The maximum Gasteiger partial charge on any atom is 0.251 e. The van der Waals surface area contributed by atoms with Crippen molar-refractivity contribution in [2.24, 2.45) is 0 Å². The van der Waals surface area contributed by atoms with Gasteiger partial charge in [0.25, 0.3) is 5.91 Å². The highest BCUT2D eigenvalue weighted by Crippen LogP contribution is 2.23. The molecule has 0 atom stereocenters. The maximum absolute atomic E-state index is 12.5. The quantitative estimate of drug-likeness (QED) is 0.707. The Bertz CT molecular complexity index is 782. The smallest absolute Gasteiger partial charge is 0.251 e. The average molecular weight is 374 g/mol. The van der Waals surface area contributed by atoms with E-state index in [0.29, 0.717) is 22.8 Å². The molecule has 138 valence electrons. The van der Waals surface area contributed by atoms with Crippen molar-refractivity contribution < 1.29 is 14.6 Å². The van der Waals surface area contributed by atoms with Gasteiger partial charge in [0.1, 0.15) is 5.75 Å². The molecule has 0 aliphatic heterocycles. The van der Waals surface area contributed by atoms with Gasteiger partial charge in [0, 0.05) is 28.3 Å². The Labute approximate surface area is 159 Å². The lowest BCUT2D eigenvalue weighted by molar-refractivity contribution is 0.0899. The SMILES string of the molecule is COc1ccc(C(=O)NC(C)(C)CCO)cc1/C=C/c1ccc(Cl)cc1. The lowest BCUT2D eigenvalue weighted by Crippen LogP contribution is -2.44. The van der Waals surface area contributed by atoms with Gasteiger partial charge in [-0.1, -0.05) is 35.9 Å². The lowest BCUT2D eigenvalue weighted by atomic mass is 10.00. The first-order valence-corrected chi connectivity index (χ1v) is 8.77. The molecule has 2 aromatic rings. The molecule has 0 bridgehead atoms. The van der Waals surface area contributed by atoms with Crippen molar-refractivity contribution in [3.63, 3.8) is 0 Å². The molecule has 0 aliphatic rings. The molecule has 0 aliphatic carbocycles. The van der Waals surface area contributed by atoms with E-state index in [9.17, 15) is 4.79 Å². The van der Waals surface area contributed by atoms with Crippen LogP contribution in [0.1, 0.15) is 41.8 Å². The highest BCUT2D eigenvalue weighted by molar-refractivity contribution is 6.30. The van der Waals surface area contributed by atoms with Crippen LogP contribution >= 0.6 is 11.6 Å². The van der Waals surface area contributed by atoms with E-state index in [-0.39, 0.29) is 12.5 Å². The number of carbonyl (C=O) groups is 1. The normalized spacial score (nSPS) is 11.6. The van der Waals surface area contributed by atoms with E-state index in [1.165, 1.54) is 0 Å². The standard InChI is InChI=1S/C21H24ClNO3/c1-21(2,12-13-24)23-20(25)17-8-11-19(26-3)16(14-17)7-4-15-5-9-18(22)10-6-15/h4-11,14,24H,12-13H2,1-3H3,(H,23,25)/b7-4+. The van der Waals surface area contributed by atoms with Crippen molar-refractivity contribution >= 4 is 29.7 Å². The van der Waals surface area contributed by atoms with Gasteiger partial charge in [-0.2, -0.15) is 0 Å². The maximum atomic E-state index is 12.5. The Hall–Kier alpha value is -2.30. The Kier molecular flexibility index (Phi) is 6.83. The summed E-state index contributed by atoms with van der Waals surface area (Å²) in [7, 11) is 1.60. The van der Waals surface area contributed by atoms with Crippen LogP contribution in [0.3, 0.4) is 0 Å². The lowest BCUT2D eigenvalue weighted by Gasteiger charge is -2.25. The fourth-order valence-corrected chi connectivity index (χ4v) is 2.61. The molecule has 0 saturated heterocycles. The van der Waals surface area contributed by atoms with Crippen LogP contribution in [0.2, 0.25) is 5.02 Å². The number of aliphatic hydroxyl groups is 1. The summed E-state index contributed by atoms with van der Waals surface area (Å²) in [5, 5.41) is 12.7. The number of nitrogens with one attached hydrogen (secondary N) is 1. The summed E-state index contributed by atoms with van der Waals surface area (Å²) in [5.41, 5.74) is 1.85. The van der Waals surface area contributed by atoms with Gasteiger partial charge >= 0.3 is 0 Å². The number of benzene rings is 2. The number of hydrogen-bond acceptors (Lipinski definition) is 3. The fourth-order valence-electron chi connectivity index (χ4n) is 2.49. The molecule has 5 heteroatoms. The summed E-state index contributed by atoms with van der Waals surface area (Å²) in [6.45, 7) is 3.78. The minimum Gasteiger partial charge on any atom is -0.496 e. The van der Waals surface area contributed by atoms with Crippen molar-refractivity contribution in [3.05, 3.63) is 64.2 Å². The molecule has 0 radical (unpaired) electrons. The summed E-state index contributed by atoms with van der Waals surface area (Å²) in [5.74, 6) is 0.494. The zero-order chi connectivity index (χ0) is 19.2. The third-order valence-electron chi connectivity index (χ3n) is 4.01. The van der Waals surface area contributed by atoms with Crippen LogP contribution in [-0.2, 0) is 0 Å². The molecular weight excluding hydrogens is 350 g/mol. The van der Waals surface area contributed by atoms with Crippen molar-refractivity contribution in [2.45, 2.75) is 25.8 Å². The summed E-state index contributed by atoms with van der Waals surface area (Å²) in [6, 6.07) is 12.8. The van der Waals surface area contributed by atoms with Gasteiger partial charge in [-0.25, -0.2) is 0 Å². The van der Waals surface area contributed by atoms with E-state index in [4.69, 9.17) is 21.4 Å². The number of rotatable bonds is 7. The highest BCUT2D eigenvalue weighted by Gasteiger charge is 2.21. The number of halogens is 1. The molecule has 0 unspecified atom stereocenters. The average Bonchev–Trinajstić information content (AvgIpc) is 2.60. The minimum absolute atomic E-state index is 0.0188. The van der Waals surface area contributed by atoms with Crippen molar-refractivity contribution in [2.75, 3.05) is 13.7 Å². The first-order valence-electron chi connectivity index (χ1n) is 8.40. The van der Waals surface area contributed by atoms with Crippen LogP contribution in [0.15, 0.2) is 42.5 Å². The van der Waals surface area contributed by atoms with Crippen LogP contribution in [0.25, 0.3) is 12.2 Å². The number of methoxy groups -OCH3 is 1. The number of ether oxygens (including phenoxy) is 1. The zero-order valence-corrected chi connectivity index (χ0v) is 16.0.